The highest BCUT2D eigenvalue weighted by molar-refractivity contribution is 5.41. The lowest BCUT2D eigenvalue weighted by Crippen LogP contribution is -2.04. The molecule has 106 valence electrons. The van der Waals surface area contributed by atoms with Gasteiger partial charge in [0.25, 0.3) is 0 Å². The SMILES string of the molecule is CCCNc1cc(Oc2ccccc2CO)nc(C)n1. The number of para-hydroxylation sites is 1. The van der Waals surface area contributed by atoms with E-state index in [4.69, 9.17) is 4.74 Å². The number of aliphatic hydroxyl groups excluding tert-OH is 1. The Morgan fingerprint density at radius 1 is 1.25 bits per heavy atom. The predicted octanol–water partition coefficient (Wildman–Crippen LogP) is 2.89. The highest BCUT2D eigenvalue weighted by Crippen LogP contribution is 2.25. The Bertz CT molecular complexity index is 573. The molecule has 5 heteroatoms. The van der Waals surface area contributed by atoms with E-state index in [-0.39, 0.29) is 6.61 Å². The zero-order chi connectivity index (χ0) is 14.4. The van der Waals surface area contributed by atoms with Crippen molar-refractivity contribution in [1.82, 2.24) is 9.97 Å². The molecule has 0 atom stereocenters. The minimum atomic E-state index is -0.0683. The van der Waals surface area contributed by atoms with Gasteiger partial charge in [0.15, 0.2) is 0 Å². The van der Waals surface area contributed by atoms with Crippen LogP contribution in [-0.4, -0.2) is 21.6 Å². The fourth-order valence-corrected chi connectivity index (χ4v) is 1.78. The number of aliphatic hydroxyl groups is 1. The van der Waals surface area contributed by atoms with Crippen molar-refractivity contribution in [2.75, 3.05) is 11.9 Å². The maximum absolute atomic E-state index is 9.30. The van der Waals surface area contributed by atoms with E-state index in [2.05, 4.69) is 22.2 Å². The van der Waals surface area contributed by atoms with Crippen LogP contribution in [0.2, 0.25) is 0 Å². The van der Waals surface area contributed by atoms with E-state index in [0.717, 1.165) is 24.3 Å². The maximum Gasteiger partial charge on any atom is 0.224 e. The Morgan fingerprint density at radius 2 is 2.05 bits per heavy atom. The summed E-state index contributed by atoms with van der Waals surface area (Å²) in [6, 6.07) is 9.11. The molecule has 2 rings (SSSR count). The molecule has 20 heavy (non-hydrogen) atoms. The molecule has 1 aromatic carbocycles. The van der Waals surface area contributed by atoms with Crippen LogP contribution < -0.4 is 10.1 Å². The van der Waals surface area contributed by atoms with Crippen molar-refractivity contribution in [3.05, 3.63) is 41.7 Å². The standard InChI is InChI=1S/C15H19N3O2/c1-3-8-16-14-9-15(18-11(2)17-14)20-13-7-5-4-6-12(13)10-19/h4-7,9,19H,3,8,10H2,1-2H3,(H,16,17,18). The summed E-state index contributed by atoms with van der Waals surface area (Å²) < 4.78 is 5.75. The normalized spacial score (nSPS) is 10.3. The molecule has 1 aromatic heterocycles. The lowest BCUT2D eigenvalue weighted by Gasteiger charge is -2.11. The summed E-state index contributed by atoms with van der Waals surface area (Å²) >= 11 is 0. The Hall–Kier alpha value is -2.14. The molecule has 0 fully saturated rings. The molecular formula is C15H19N3O2. The minimum Gasteiger partial charge on any atom is -0.438 e. The number of hydrogen-bond donors (Lipinski definition) is 2. The number of rotatable bonds is 6. The van der Waals surface area contributed by atoms with Crippen LogP contribution in [0.4, 0.5) is 5.82 Å². The van der Waals surface area contributed by atoms with Gasteiger partial charge in [0.2, 0.25) is 5.88 Å². The second-order valence-corrected chi connectivity index (χ2v) is 4.43. The lowest BCUT2D eigenvalue weighted by atomic mass is 10.2. The smallest absolute Gasteiger partial charge is 0.224 e. The van der Waals surface area contributed by atoms with E-state index in [1.807, 2.05) is 31.2 Å². The van der Waals surface area contributed by atoms with Crippen LogP contribution in [-0.2, 0) is 6.61 Å². The van der Waals surface area contributed by atoms with Crippen LogP contribution in [0.1, 0.15) is 24.7 Å². The summed E-state index contributed by atoms with van der Waals surface area (Å²) in [5.41, 5.74) is 0.729. The van der Waals surface area contributed by atoms with Gasteiger partial charge in [-0.25, -0.2) is 4.98 Å². The van der Waals surface area contributed by atoms with Crippen molar-refractivity contribution in [2.24, 2.45) is 0 Å². The van der Waals surface area contributed by atoms with Crippen molar-refractivity contribution in [2.45, 2.75) is 26.9 Å². The highest BCUT2D eigenvalue weighted by Gasteiger charge is 2.07. The Balaban J connectivity index is 2.22. The molecule has 2 N–H and O–H groups in total. The monoisotopic (exact) mass is 273 g/mol. The number of aromatic nitrogens is 2. The molecule has 0 saturated heterocycles. The molecule has 0 bridgehead atoms. The van der Waals surface area contributed by atoms with Gasteiger partial charge in [0.05, 0.1) is 6.61 Å². The number of nitrogens with one attached hydrogen (secondary N) is 1. The predicted molar refractivity (Wildman–Crippen MR) is 78.0 cm³/mol. The van der Waals surface area contributed by atoms with Crippen LogP contribution in [0.5, 0.6) is 11.6 Å². The molecule has 0 aliphatic carbocycles. The molecule has 0 saturated carbocycles. The van der Waals surface area contributed by atoms with Gasteiger partial charge in [0.1, 0.15) is 17.4 Å². The van der Waals surface area contributed by atoms with Crippen molar-refractivity contribution < 1.29 is 9.84 Å². The minimum absolute atomic E-state index is 0.0683. The fraction of sp³-hybridized carbons (Fsp3) is 0.333. The van der Waals surface area contributed by atoms with Crippen LogP contribution in [0.15, 0.2) is 30.3 Å². The largest absolute Gasteiger partial charge is 0.438 e. The van der Waals surface area contributed by atoms with E-state index in [0.29, 0.717) is 17.5 Å². The Kier molecular flexibility index (Phi) is 4.90. The van der Waals surface area contributed by atoms with Gasteiger partial charge in [0, 0.05) is 18.2 Å². The molecule has 0 unspecified atom stereocenters. The van der Waals surface area contributed by atoms with Crippen molar-refractivity contribution in [3.63, 3.8) is 0 Å². The summed E-state index contributed by atoms with van der Waals surface area (Å²) in [5, 5.41) is 12.5. The second-order valence-electron chi connectivity index (χ2n) is 4.43. The molecule has 0 amide bonds. The first-order chi connectivity index (χ1) is 9.72. The number of hydrogen-bond acceptors (Lipinski definition) is 5. The van der Waals surface area contributed by atoms with Crippen LogP contribution in [0.3, 0.4) is 0 Å². The van der Waals surface area contributed by atoms with Gasteiger partial charge in [-0.15, -0.1) is 0 Å². The zero-order valence-corrected chi connectivity index (χ0v) is 11.8. The first kappa shape index (κ1) is 14.3. The first-order valence-corrected chi connectivity index (χ1v) is 6.69. The van der Waals surface area contributed by atoms with Crippen molar-refractivity contribution in [1.29, 1.82) is 0 Å². The topological polar surface area (TPSA) is 67.3 Å². The third kappa shape index (κ3) is 3.68. The van der Waals surface area contributed by atoms with Gasteiger partial charge in [-0.05, 0) is 19.4 Å². The summed E-state index contributed by atoms with van der Waals surface area (Å²) in [6.07, 6.45) is 1.02. The lowest BCUT2D eigenvalue weighted by molar-refractivity contribution is 0.276. The molecular weight excluding hydrogens is 254 g/mol. The molecule has 1 heterocycles. The first-order valence-electron chi connectivity index (χ1n) is 6.69. The molecule has 0 spiro atoms. The number of nitrogens with zero attached hydrogens (tertiary/aromatic N) is 2. The second kappa shape index (κ2) is 6.86. The zero-order valence-electron chi connectivity index (χ0n) is 11.8. The number of ether oxygens (including phenoxy) is 1. The summed E-state index contributed by atoms with van der Waals surface area (Å²) in [4.78, 5) is 8.56. The van der Waals surface area contributed by atoms with Crippen molar-refractivity contribution in [3.8, 4) is 11.6 Å². The van der Waals surface area contributed by atoms with E-state index < -0.39 is 0 Å². The van der Waals surface area contributed by atoms with E-state index >= 15 is 0 Å². The number of anilines is 1. The van der Waals surface area contributed by atoms with Crippen LogP contribution in [0.25, 0.3) is 0 Å². The molecule has 2 aromatic rings. The van der Waals surface area contributed by atoms with Gasteiger partial charge in [-0.3, -0.25) is 0 Å². The van der Waals surface area contributed by atoms with E-state index in [1.54, 1.807) is 6.07 Å². The van der Waals surface area contributed by atoms with Gasteiger partial charge >= 0.3 is 0 Å². The van der Waals surface area contributed by atoms with E-state index in [1.165, 1.54) is 0 Å². The van der Waals surface area contributed by atoms with Gasteiger partial charge in [-0.1, -0.05) is 25.1 Å². The van der Waals surface area contributed by atoms with Gasteiger partial charge < -0.3 is 15.2 Å². The molecule has 0 aliphatic heterocycles. The highest BCUT2D eigenvalue weighted by atomic mass is 16.5. The summed E-state index contributed by atoms with van der Waals surface area (Å²) in [6.45, 7) is 4.70. The third-order valence-electron chi connectivity index (χ3n) is 2.73. The Labute approximate surface area is 118 Å². The summed E-state index contributed by atoms with van der Waals surface area (Å²) in [5.74, 6) is 2.46. The maximum atomic E-state index is 9.30. The molecule has 0 aliphatic rings. The van der Waals surface area contributed by atoms with Gasteiger partial charge in [-0.2, -0.15) is 4.98 Å². The average molecular weight is 273 g/mol. The van der Waals surface area contributed by atoms with E-state index in [9.17, 15) is 5.11 Å². The quantitative estimate of drug-likeness (QED) is 0.847. The van der Waals surface area contributed by atoms with Crippen LogP contribution in [0, 0.1) is 6.92 Å². The average Bonchev–Trinajstić information content (AvgIpc) is 2.45. The van der Waals surface area contributed by atoms with Crippen LogP contribution >= 0.6 is 0 Å². The third-order valence-corrected chi connectivity index (χ3v) is 2.73. The molecule has 0 radical (unpaired) electrons. The summed E-state index contributed by atoms with van der Waals surface area (Å²) in [7, 11) is 0. The number of benzene rings is 1. The molecule has 5 nitrogen and oxygen atoms in total. The fourth-order valence-electron chi connectivity index (χ4n) is 1.78. The Morgan fingerprint density at radius 3 is 2.80 bits per heavy atom. The van der Waals surface area contributed by atoms with Crippen molar-refractivity contribution >= 4 is 5.82 Å². The number of aryl methyl sites for hydroxylation is 1.